The van der Waals surface area contributed by atoms with Gasteiger partial charge in [0.05, 0.1) is 6.54 Å². The molecule has 0 bridgehead atoms. The maximum atomic E-state index is 3.81. The second kappa shape index (κ2) is 4.18. The molecule has 4 nitrogen and oxygen atoms in total. The van der Waals surface area contributed by atoms with Crippen LogP contribution in [-0.4, -0.2) is 20.2 Å². The minimum absolute atomic E-state index is 0.648. The number of rotatable bonds is 2. The molecule has 0 spiro atoms. The maximum absolute atomic E-state index is 3.81. The topological polar surface area (TPSA) is 43.6 Å². The molecule has 0 amide bonds. The van der Waals surface area contributed by atoms with Crippen LogP contribution in [0.3, 0.4) is 0 Å². The van der Waals surface area contributed by atoms with Crippen LogP contribution in [0, 0.1) is 0 Å². The highest BCUT2D eigenvalue weighted by molar-refractivity contribution is 9.11. The first-order valence-electron chi connectivity index (χ1n) is 3.91. The molecular weight excluding hydrogens is 312 g/mol. The monoisotopic (exact) mass is 316 g/mol. The van der Waals surface area contributed by atoms with Crippen LogP contribution in [0.1, 0.15) is 5.56 Å². The van der Waals surface area contributed by atoms with Gasteiger partial charge in [0.25, 0.3) is 0 Å². The summed E-state index contributed by atoms with van der Waals surface area (Å²) in [6, 6.07) is 5.95. The molecule has 0 unspecified atom stereocenters. The molecule has 0 saturated heterocycles. The molecule has 72 valence electrons. The van der Waals surface area contributed by atoms with Crippen LogP contribution < -0.4 is 0 Å². The molecule has 0 aliphatic carbocycles. The summed E-state index contributed by atoms with van der Waals surface area (Å²) in [7, 11) is 0. The number of hydrogen-bond acceptors (Lipinski definition) is 3. The van der Waals surface area contributed by atoms with Gasteiger partial charge in [-0.3, -0.25) is 0 Å². The van der Waals surface area contributed by atoms with E-state index in [1.165, 1.54) is 0 Å². The number of tetrazole rings is 1. The van der Waals surface area contributed by atoms with E-state index in [1.807, 2.05) is 18.2 Å². The third-order valence-electron chi connectivity index (χ3n) is 1.77. The molecule has 0 aliphatic rings. The summed E-state index contributed by atoms with van der Waals surface area (Å²) >= 11 is 6.96. The summed E-state index contributed by atoms with van der Waals surface area (Å²) in [5.74, 6) is 0. The van der Waals surface area contributed by atoms with Crippen molar-refractivity contribution < 1.29 is 0 Å². The molecule has 0 fully saturated rings. The molecule has 0 aliphatic heterocycles. The second-order valence-corrected chi connectivity index (χ2v) is 4.42. The first kappa shape index (κ1) is 9.79. The summed E-state index contributed by atoms with van der Waals surface area (Å²) in [4.78, 5) is 0. The zero-order valence-corrected chi connectivity index (χ0v) is 10.2. The zero-order chi connectivity index (χ0) is 9.97. The van der Waals surface area contributed by atoms with Crippen molar-refractivity contribution in [2.75, 3.05) is 0 Å². The summed E-state index contributed by atoms with van der Waals surface area (Å²) in [5.41, 5.74) is 1.12. The van der Waals surface area contributed by atoms with Crippen molar-refractivity contribution in [3.05, 3.63) is 39.0 Å². The van der Waals surface area contributed by atoms with Gasteiger partial charge < -0.3 is 0 Å². The molecule has 0 atom stereocenters. The summed E-state index contributed by atoms with van der Waals surface area (Å²) in [6.07, 6.45) is 1.59. The lowest BCUT2D eigenvalue weighted by Gasteiger charge is -2.05. The Labute approximate surface area is 97.6 Å². The first-order valence-corrected chi connectivity index (χ1v) is 5.49. The Morgan fingerprint density at radius 1 is 1.21 bits per heavy atom. The van der Waals surface area contributed by atoms with Gasteiger partial charge in [0.1, 0.15) is 6.33 Å². The Morgan fingerprint density at radius 2 is 1.93 bits per heavy atom. The fourth-order valence-electron chi connectivity index (χ4n) is 1.10. The molecule has 0 N–H and O–H groups in total. The standard InChI is InChI=1S/C8H6Br2N4/c9-7-2-1-3-8(10)6(7)4-14-5-11-12-13-14/h1-3,5H,4H2. The second-order valence-electron chi connectivity index (χ2n) is 2.71. The van der Waals surface area contributed by atoms with Gasteiger partial charge in [-0.15, -0.1) is 5.10 Å². The maximum Gasteiger partial charge on any atom is 0.138 e. The quantitative estimate of drug-likeness (QED) is 0.853. The van der Waals surface area contributed by atoms with Gasteiger partial charge in [-0.1, -0.05) is 37.9 Å². The molecule has 2 rings (SSSR count). The van der Waals surface area contributed by atoms with Gasteiger partial charge >= 0.3 is 0 Å². The van der Waals surface area contributed by atoms with Gasteiger partial charge in [-0.25, -0.2) is 4.68 Å². The fourth-order valence-corrected chi connectivity index (χ4v) is 2.35. The van der Waals surface area contributed by atoms with Crippen LogP contribution in [0.2, 0.25) is 0 Å². The van der Waals surface area contributed by atoms with Crippen LogP contribution in [-0.2, 0) is 6.54 Å². The molecule has 1 aromatic heterocycles. The molecule has 1 heterocycles. The van der Waals surface area contributed by atoms with Crippen molar-refractivity contribution in [3.8, 4) is 0 Å². The van der Waals surface area contributed by atoms with Crippen molar-refractivity contribution in [1.29, 1.82) is 0 Å². The van der Waals surface area contributed by atoms with Crippen molar-refractivity contribution in [2.45, 2.75) is 6.54 Å². The van der Waals surface area contributed by atoms with Gasteiger partial charge in [0.2, 0.25) is 0 Å². The molecule has 2 aromatic rings. The van der Waals surface area contributed by atoms with E-state index in [2.05, 4.69) is 47.4 Å². The van der Waals surface area contributed by atoms with E-state index in [-0.39, 0.29) is 0 Å². The number of halogens is 2. The van der Waals surface area contributed by atoms with E-state index >= 15 is 0 Å². The van der Waals surface area contributed by atoms with Gasteiger partial charge in [0, 0.05) is 14.5 Å². The lowest BCUT2D eigenvalue weighted by Crippen LogP contribution is -2.02. The predicted octanol–water partition coefficient (Wildman–Crippen LogP) is 2.25. The van der Waals surface area contributed by atoms with Crippen molar-refractivity contribution in [3.63, 3.8) is 0 Å². The molecule has 0 saturated carbocycles. The van der Waals surface area contributed by atoms with Crippen molar-refractivity contribution in [2.24, 2.45) is 0 Å². The van der Waals surface area contributed by atoms with Gasteiger partial charge in [0.15, 0.2) is 0 Å². The number of nitrogens with zero attached hydrogens (tertiary/aromatic N) is 4. The average molecular weight is 318 g/mol. The van der Waals surface area contributed by atoms with E-state index in [9.17, 15) is 0 Å². The summed E-state index contributed by atoms with van der Waals surface area (Å²) in [5, 5.41) is 11.0. The minimum Gasteiger partial charge on any atom is -0.228 e. The lowest BCUT2D eigenvalue weighted by atomic mass is 10.2. The van der Waals surface area contributed by atoms with Crippen LogP contribution in [0.15, 0.2) is 33.5 Å². The largest absolute Gasteiger partial charge is 0.228 e. The third kappa shape index (κ3) is 2.01. The van der Waals surface area contributed by atoms with Gasteiger partial charge in [-0.05, 0) is 22.6 Å². The van der Waals surface area contributed by atoms with E-state index < -0.39 is 0 Å². The van der Waals surface area contributed by atoms with Gasteiger partial charge in [-0.2, -0.15) is 0 Å². The molecule has 0 radical (unpaired) electrons. The van der Waals surface area contributed by atoms with E-state index in [0.717, 1.165) is 14.5 Å². The van der Waals surface area contributed by atoms with Crippen LogP contribution >= 0.6 is 31.9 Å². The molecule has 6 heteroatoms. The zero-order valence-electron chi connectivity index (χ0n) is 7.06. The minimum atomic E-state index is 0.648. The summed E-state index contributed by atoms with van der Waals surface area (Å²) in [6.45, 7) is 0.648. The normalized spacial score (nSPS) is 10.4. The fraction of sp³-hybridized carbons (Fsp3) is 0.125. The molecule has 14 heavy (non-hydrogen) atoms. The van der Waals surface area contributed by atoms with Crippen molar-refractivity contribution >= 4 is 31.9 Å². The Balaban J connectivity index is 2.33. The molecular formula is C8H6Br2N4. The van der Waals surface area contributed by atoms with Crippen LogP contribution in [0.4, 0.5) is 0 Å². The Morgan fingerprint density at radius 3 is 2.50 bits per heavy atom. The highest BCUT2D eigenvalue weighted by Gasteiger charge is 2.05. The lowest BCUT2D eigenvalue weighted by molar-refractivity contribution is 0.645. The van der Waals surface area contributed by atoms with E-state index in [1.54, 1.807) is 11.0 Å². The summed E-state index contributed by atoms with van der Waals surface area (Å²) < 4.78 is 3.76. The first-order chi connectivity index (χ1) is 6.77. The Kier molecular flexibility index (Phi) is 2.93. The van der Waals surface area contributed by atoms with E-state index in [4.69, 9.17) is 0 Å². The van der Waals surface area contributed by atoms with E-state index in [0.29, 0.717) is 6.54 Å². The van der Waals surface area contributed by atoms with Crippen LogP contribution in [0.5, 0.6) is 0 Å². The highest BCUT2D eigenvalue weighted by atomic mass is 79.9. The number of aromatic nitrogens is 4. The number of hydrogen-bond donors (Lipinski definition) is 0. The molecule has 1 aromatic carbocycles. The predicted molar refractivity (Wildman–Crippen MR) is 58.8 cm³/mol. The Hall–Kier alpha value is -0.750. The average Bonchev–Trinajstić information content (AvgIpc) is 2.64. The van der Waals surface area contributed by atoms with Crippen LogP contribution in [0.25, 0.3) is 0 Å². The number of benzene rings is 1. The SMILES string of the molecule is Brc1cccc(Br)c1Cn1cnnn1. The van der Waals surface area contributed by atoms with Crippen molar-refractivity contribution in [1.82, 2.24) is 20.2 Å². The Bertz CT molecular complexity index is 407. The third-order valence-corrected chi connectivity index (χ3v) is 3.26. The smallest absolute Gasteiger partial charge is 0.138 e. The highest BCUT2D eigenvalue weighted by Crippen LogP contribution is 2.25.